The molecule has 0 amide bonds. The average molecular weight is 279 g/mol. The lowest BCUT2D eigenvalue weighted by molar-refractivity contribution is 0.0690. The molecule has 112 valence electrons. The van der Waals surface area contributed by atoms with Gasteiger partial charge in [-0.2, -0.15) is 0 Å². The van der Waals surface area contributed by atoms with Crippen molar-refractivity contribution in [2.75, 3.05) is 20.6 Å². The number of hydrogen-bond acceptors (Lipinski definition) is 4. The second kappa shape index (κ2) is 7.97. The lowest BCUT2D eigenvalue weighted by Gasteiger charge is -2.24. The van der Waals surface area contributed by atoms with Crippen LogP contribution in [-0.4, -0.2) is 47.6 Å². The minimum Gasteiger partial charge on any atom is -0.477 e. The van der Waals surface area contributed by atoms with E-state index in [0.717, 1.165) is 18.7 Å². The number of carboxylic acid groups (broad SMARTS) is 1. The van der Waals surface area contributed by atoms with Gasteiger partial charge in [-0.3, -0.25) is 0 Å². The predicted molar refractivity (Wildman–Crippen MR) is 79.8 cm³/mol. The molecule has 1 unspecified atom stereocenters. The first-order chi connectivity index (χ1) is 9.38. The highest BCUT2D eigenvalue weighted by molar-refractivity contribution is 5.85. The fraction of sp³-hybridized carbons (Fsp3) is 0.600. The number of pyridine rings is 1. The van der Waals surface area contributed by atoms with Crippen LogP contribution in [0.3, 0.4) is 0 Å². The van der Waals surface area contributed by atoms with Gasteiger partial charge in [-0.1, -0.05) is 19.9 Å². The lowest BCUT2D eigenvalue weighted by atomic mass is 10.0. The molecule has 5 nitrogen and oxygen atoms in total. The van der Waals surface area contributed by atoms with Crippen molar-refractivity contribution in [3.63, 3.8) is 0 Å². The maximum absolute atomic E-state index is 10.9. The third-order valence-electron chi connectivity index (χ3n) is 2.94. The second-order valence-electron chi connectivity index (χ2n) is 5.79. The van der Waals surface area contributed by atoms with Gasteiger partial charge < -0.3 is 15.3 Å². The van der Waals surface area contributed by atoms with Crippen molar-refractivity contribution in [2.24, 2.45) is 5.92 Å². The normalized spacial score (nSPS) is 12.9. The molecule has 5 heteroatoms. The van der Waals surface area contributed by atoms with E-state index in [4.69, 9.17) is 5.11 Å². The standard InChI is InChI=1S/C15H25N3O2/c1-11(2)8-13(10-18(3)4)16-9-12-6-5-7-14(17-12)15(19)20/h5-7,11,13,16H,8-10H2,1-4H3,(H,19,20). The van der Waals surface area contributed by atoms with Crippen molar-refractivity contribution >= 4 is 5.97 Å². The van der Waals surface area contributed by atoms with Crippen molar-refractivity contribution in [3.8, 4) is 0 Å². The van der Waals surface area contributed by atoms with Gasteiger partial charge in [-0.05, 0) is 38.6 Å². The van der Waals surface area contributed by atoms with Crippen LogP contribution >= 0.6 is 0 Å². The Hall–Kier alpha value is -1.46. The van der Waals surface area contributed by atoms with E-state index in [0.29, 0.717) is 18.5 Å². The van der Waals surface area contributed by atoms with E-state index in [-0.39, 0.29) is 5.69 Å². The van der Waals surface area contributed by atoms with Crippen LogP contribution in [0, 0.1) is 5.92 Å². The summed E-state index contributed by atoms with van der Waals surface area (Å²) in [5.74, 6) is -0.371. The van der Waals surface area contributed by atoms with E-state index >= 15 is 0 Å². The quantitative estimate of drug-likeness (QED) is 0.760. The zero-order chi connectivity index (χ0) is 15.1. The van der Waals surface area contributed by atoms with Crippen LogP contribution in [-0.2, 0) is 6.54 Å². The smallest absolute Gasteiger partial charge is 0.354 e. The van der Waals surface area contributed by atoms with Crippen LogP contribution in [0.2, 0.25) is 0 Å². The van der Waals surface area contributed by atoms with E-state index in [1.54, 1.807) is 6.07 Å². The fourth-order valence-electron chi connectivity index (χ4n) is 2.18. The molecular weight excluding hydrogens is 254 g/mol. The molecule has 20 heavy (non-hydrogen) atoms. The Morgan fingerprint density at radius 3 is 2.65 bits per heavy atom. The fourth-order valence-corrected chi connectivity index (χ4v) is 2.18. The summed E-state index contributed by atoms with van der Waals surface area (Å²) in [4.78, 5) is 17.2. The molecule has 0 fully saturated rings. The molecule has 0 aliphatic heterocycles. The predicted octanol–water partition coefficient (Wildman–Crippen LogP) is 1.85. The van der Waals surface area contributed by atoms with Crippen LogP contribution in [0.1, 0.15) is 36.5 Å². The molecule has 1 rings (SSSR count). The number of carboxylic acids is 1. The molecule has 1 heterocycles. The van der Waals surface area contributed by atoms with Crippen LogP contribution in [0.4, 0.5) is 0 Å². The summed E-state index contributed by atoms with van der Waals surface area (Å²) in [6, 6.07) is 5.47. The average Bonchev–Trinajstić information content (AvgIpc) is 2.35. The molecule has 0 saturated heterocycles. The van der Waals surface area contributed by atoms with Gasteiger partial charge in [0.2, 0.25) is 0 Å². The van der Waals surface area contributed by atoms with Crippen LogP contribution in [0.25, 0.3) is 0 Å². The molecule has 1 aromatic heterocycles. The maximum atomic E-state index is 10.9. The van der Waals surface area contributed by atoms with Gasteiger partial charge >= 0.3 is 5.97 Å². The second-order valence-corrected chi connectivity index (χ2v) is 5.79. The van der Waals surface area contributed by atoms with Gasteiger partial charge in [0, 0.05) is 19.1 Å². The summed E-state index contributed by atoms with van der Waals surface area (Å²) < 4.78 is 0. The summed E-state index contributed by atoms with van der Waals surface area (Å²) in [5.41, 5.74) is 0.856. The molecule has 0 bridgehead atoms. The first-order valence-corrected chi connectivity index (χ1v) is 6.95. The summed E-state index contributed by atoms with van der Waals surface area (Å²) in [5, 5.41) is 12.4. The van der Waals surface area contributed by atoms with Crippen LogP contribution in [0.5, 0.6) is 0 Å². The van der Waals surface area contributed by atoms with Crippen LogP contribution in [0.15, 0.2) is 18.2 Å². The number of likely N-dealkylation sites (N-methyl/N-ethyl adjacent to an activating group) is 1. The van der Waals surface area contributed by atoms with E-state index in [1.807, 2.05) is 6.07 Å². The van der Waals surface area contributed by atoms with Crippen molar-refractivity contribution in [3.05, 3.63) is 29.6 Å². The Bertz CT molecular complexity index is 423. The Morgan fingerprint density at radius 1 is 1.40 bits per heavy atom. The number of hydrogen-bond donors (Lipinski definition) is 2. The minimum absolute atomic E-state index is 0.0947. The van der Waals surface area contributed by atoms with Crippen molar-refractivity contribution in [1.29, 1.82) is 0 Å². The largest absolute Gasteiger partial charge is 0.477 e. The molecule has 0 spiro atoms. The molecule has 0 radical (unpaired) electrons. The van der Waals surface area contributed by atoms with E-state index in [2.05, 4.69) is 43.1 Å². The van der Waals surface area contributed by atoms with Crippen LogP contribution < -0.4 is 5.32 Å². The minimum atomic E-state index is -0.987. The van der Waals surface area contributed by atoms with Gasteiger partial charge in [0.05, 0.1) is 5.69 Å². The molecule has 0 aromatic carbocycles. The Labute approximate surface area is 121 Å². The number of nitrogens with zero attached hydrogens (tertiary/aromatic N) is 2. The summed E-state index contributed by atoms with van der Waals surface area (Å²) in [6.45, 7) is 5.95. The van der Waals surface area contributed by atoms with E-state index < -0.39 is 5.97 Å². The number of nitrogens with one attached hydrogen (secondary N) is 1. The molecule has 1 atom stereocenters. The van der Waals surface area contributed by atoms with E-state index in [9.17, 15) is 4.79 Å². The summed E-state index contributed by atoms with van der Waals surface area (Å²) >= 11 is 0. The molecule has 0 aliphatic rings. The summed E-state index contributed by atoms with van der Waals surface area (Å²) in [7, 11) is 4.11. The number of carbonyl (C=O) groups is 1. The Balaban J connectivity index is 2.61. The highest BCUT2D eigenvalue weighted by Gasteiger charge is 2.12. The monoisotopic (exact) mass is 279 g/mol. The van der Waals surface area contributed by atoms with Crippen molar-refractivity contribution in [2.45, 2.75) is 32.9 Å². The Morgan fingerprint density at radius 2 is 2.10 bits per heavy atom. The molecule has 0 saturated carbocycles. The van der Waals surface area contributed by atoms with Crippen molar-refractivity contribution in [1.82, 2.24) is 15.2 Å². The lowest BCUT2D eigenvalue weighted by Crippen LogP contribution is -2.39. The maximum Gasteiger partial charge on any atom is 0.354 e. The van der Waals surface area contributed by atoms with Gasteiger partial charge in [0.1, 0.15) is 5.69 Å². The number of rotatable bonds is 8. The molecule has 2 N–H and O–H groups in total. The number of aromatic nitrogens is 1. The van der Waals surface area contributed by atoms with Gasteiger partial charge in [0.25, 0.3) is 0 Å². The van der Waals surface area contributed by atoms with Gasteiger partial charge in [0.15, 0.2) is 0 Å². The zero-order valence-corrected chi connectivity index (χ0v) is 12.8. The number of aromatic carboxylic acids is 1. The third-order valence-corrected chi connectivity index (χ3v) is 2.94. The highest BCUT2D eigenvalue weighted by Crippen LogP contribution is 2.07. The SMILES string of the molecule is CC(C)CC(CN(C)C)NCc1cccc(C(=O)O)n1. The molecular formula is C15H25N3O2. The topological polar surface area (TPSA) is 65.5 Å². The summed E-state index contributed by atoms with van der Waals surface area (Å²) in [6.07, 6.45) is 1.08. The molecule has 0 aliphatic carbocycles. The van der Waals surface area contributed by atoms with Gasteiger partial charge in [-0.25, -0.2) is 9.78 Å². The molecule has 1 aromatic rings. The first kappa shape index (κ1) is 16.6. The van der Waals surface area contributed by atoms with Gasteiger partial charge in [-0.15, -0.1) is 0 Å². The highest BCUT2D eigenvalue weighted by atomic mass is 16.4. The van der Waals surface area contributed by atoms with Crippen molar-refractivity contribution < 1.29 is 9.90 Å². The van der Waals surface area contributed by atoms with E-state index in [1.165, 1.54) is 6.07 Å². The first-order valence-electron chi connectivity index (χ1n) is 6.95. The third kappa shape index (κ3) is 6.12. The Kier molecular flexibility index (Phi) is 6.61. The zero-order valence-electron chi connectivity index (χ0n) is 12.8.